The number of hydrogen-bond acceptors (Lipinski definition) is 3. The molecule has 0 aliphatic carbocycles. The second-order valence-electron chi connectivity index (χ2n) is 7.75. The molecular formula is C17H24F3N5. The van der Waals surface area contributed by atoms with Crippen molar-refractivity contribution in [3.63, 3.8) is 0 Å². The number of nitrogens with zero attached hydrogens (tertiary/aromatic N) is 3. The van der Waals surface area contributed by atoms with Crippen LogP contribution in [0.15, 0.2) is 12.4 Å². The second-order valence-corrected chi connectivity index (χ2v) is 7.75. The van der Waals surface area contributed by atoms with Crippen LogP contribution in [0.2, 0.25) is 0 Å². The lowest BCUT2D eigenvalue weighted by Crippen LogP contribution is -2.30. The molecule has 138 valence electrons. The largest absolute Gasteiger partial charge is 0.434 e. The van der Waals surface area contributed by atoms with Crippen molar-refractivity contribution in [2.45, 2.75) is 58.3 Å². The fourth-order valence-electron chi connectivity index (χ4n) is 3.32. The zero-order valence-corrected chi connectivity index (χ0v) is 14.7. The first-order valence-corrected chi connectivity index (χ1v) is 8.51. The van der Waals surface area contributed by atoms with Gasteiger partial charge in [0.25, 0.3) is 0 Å². The van der Waals surface area contributed by atoms with Crippen LogP contribution in [0.25, 0.3) is 0 Å². The van der Waals surface area contributed by atoms with Gasteiger partial charge in [0, 0.05) is 42.4 Å². The van der Waals surface area contributed by atoms with E-state index in [-0.39, 0.29) is 5.41 Å². The molecule has 0 amide bonds. The first kappa shape index (κ1) is 18.0. The highest BCUT2D eigenvalue weighted by Gasteiger charge is 2.35. The fourth-order valence-corrected chi connectivity index (χ4v) is 3.32. The van der Waals surface area contributed by atoms with Crippen molar-refractivity contribution in [1.82, 2.24) is 25.1 Å². The van der Waals surface area contributed by atoms with Gasteiger partial charge in [0.05, 0.1) is 6.20 Å². The standard InChI is InChI=1S/C17H24F3N5/c1-16(2,3)15-12(8-22-24-15)7-21-6-11-4-5-14-23-13(17(18,19)20)10-25(14)9-11/h8,10-11,21H,4-7,9H2,1-3H3,(H,22,24)/t11-/m1/s1. The van der Waals surface area contributed by atoms with Crippen LogP contribution in [0.5, 0.6) is 0 Å². The zero-order valence-electron chi connectivity index (χ0n) is 14.7. The minimum atomic E-state index is -4.37. The first-order chi connectivity index (χ1) is 11.6. The van der Waals surface area contributed by atoms with Crippen molar-refractivity contribution in [3.8, 4) is 0 Å². The van der Waals surface area contributed by atoms with Crippen LogP contribution >= 0.6 is 0 Å². The van der Waals surface area contributed by atoms with E-state index in [9.17, 15) is 13.2 Å². The maximum Gasteiger partial charge on any atom is 0.434 e. The molecule has 0 bridgehead atoms. The highest BCUT2D eigenvalue weighted by atomic mass is 19.4. The summed E-state index contributed by atoms with van der Waals surface area (Å²) in [6.07, 6.45) is 0.0240. The van der Waals surface area contributed by atoms with Gasteiger partial charge in [-0.1, -0.05) is 20.8 Å². The summed E-state index contributed by atoms with van der Waals surface area (Å²) >= 11 is 0. The third-order valence-electron chi connectivity index (χ3n) is 4.60. The van der Waals surface area contributed by atoms with Crippen molar-refractivity contribution in [2.75, 3.05) is 6.54 Å². The predicted molar refractivity (Wildman–Crippen MR) is 88.0 cm³/mol. The number of aromatic nitrogens is 4. The number of alkyl halides is 3. The summed E-state index contributed by atoms with van der Waals surface area (Å²) in [5.74, 6) is 0.834. The molecule has 3 rings (SSSR count). The van der Waals surface area contributed by atoms with E-state index in [2.05, 4.69) is 41.3 Å². The quantitative estimate of drug-likeness (QED) is 0.885. The van der Waals surface area contributed by atoms with Crippen molar-refractivity contribution in [3.05, 3.63) is 35.2 Å². The normalized spacial score (nSPS) is 18.4. The van der Waals surface area contributed by atoms with E-state index >= 15 is 0 Å². The van der Waals surface area contributed by atoms with Gasteiger partial charge in [-0.2, -0.15) is 18.3 Å². The smallest absolute Gasteiger partial charge is 0.334 e. The Morgan fingerprint density at radius 3 is 2.76 bits per heavy atom. The molecule has 2 aromatic heterocycles. The van der Waals surface area contributed by atoms with Gasteiger partial charge < -0.3 is 9.88 Å². The molecule has 2 aromatic rings. The van der Waals surface area contributed by atoms with E-state index in [0.717, 1.165) is 30.4 Å². The van der Waals surface area contributed by atoms with Crippen LogP contribution in [0.3, 0.4) is 0 Å². The molecule has 3 heterocycles. The maximum atomic E-state index is 12.8. The molecule has 5 nitrogen and oxygen atoms in total. The SMILES string of the molecule is CC(C)(C)c1[nH]ncc1CNC[C@H]1CCc2nc(C(F)(F)F)cn2C1. The minimum absolute atomic E-state index is 0.00193. The number of imidazole rings is 1. The van der Waals surface area contributed by atoms with Crippen LogP contribution in [0.4, 0.5) is 13.2 Å². The summed E-state index contributed by atoms with van der Waals surface area (Å²) in [5, 5.41) is 10.6. The summed E-state index contributed by atoms with van der Waals surface area (Å²) in [4.78, 5) is 3.72. The van der Waals surface area contributed by atoms with E-state index in [0.29, 0.717) is 31.3 Å². The van der Waals surface area contributed by atoms with Gasteiger partial charge in [-0.05, 0) is 18.9 Å². The average molecular weight is 355 g/mol. The zero-order chi connectivity index (χ0) is 18.2. The molecule has 25 heavy (non-hydrogen) atoms. The van der Waals surface area contributed by atoms with E-state index in [1.54, 1.807) is 4.57 Å². The molecule has 8 heteroatoms. The van der Waals surface area contributed by atoms with Gasteiger partial charge in [0.15, 0.2) is 5.69 Å². The molecule has 1 aliphatic heterocycles. The van der Waals surface area contributed by atoms with E-state index in [1.165, 1.54) is 0 Å². The Balaban J connectivity index is 1.56. The van der Waals surface area contributed by atoms with Gasteiger partial charge in [-0.3, -0.25) is 5.10 Å². The fraction of sp³-hybridized carbons (Fsp3) is 0.647. The predicted octanol–water partition coefficient (Wildman–Crippen LogP) is 3.27. The Morgan fingerprint density at radius 2 is 2.08 bits per heavy atom. The van der Waals surface area contributed by atoms with Crippen LogP contribution < -0.4 is 5.32 Å². The molecule has 0 spiro atoms. The van der Waals surface area contributed by atoms with Crippen molar-refractivity contribution >= 4 is 0 Å². The summed E-state index contributed by atoms with van der Waals surface area (Å²) < 4.78 is 40.0. The molecular weight excluding hydrogens is 331 g/mol. The monoisotopic (exact) mass is 355 g/mol. The molecule has 1 aliphatic rings. The number of aryl methyl sites for hydroxylation is 1. The van der Waals surface area contributed by atoms with Crippen molar-refractivity contribution in [2.24, 2.45) is 5.92 Å². The lowest BCUT2D eigenvalue weighted by molar-refractivity contribution is -0.141. The number of aromatic amines is 1. The molecule has 0 fully saturated rings. The van der Waals surface area contributed by atoms with Gasteiger partial charge in [0.2, 0.25) is 0 Å². The number of halogens is 3. The third kappa shape index (κ3) is 4.05. The molecule has 1 atom stereocenters. The van der Waals surface area contributed by atoms with E-state index < -0.39 is 11.9 Å². The van der Waals surface area contributed by atoms with Crippen LogP contribution in [-0.2, 0) is 31.1 Å². The lowest BCUT2D eigenvalue weighted by Gasteiger charge is -2.24. The number of hydrogen-bond donors (Lipinski definition) is 2. The molecule has 0 unspecified atom stereocenters. The average Bonchev–Trinajstić information content (AvgIpc) is 3.11. The van der Waals surface area contributed by atoms with Crippen molar-refractivity contribution in [1.29, 1.82) is 0 Å². The molecule has 0 aromatic carbocycles. The Hall–Kier alpha value is -1.83. The Bertz CT molecular complexity index is 723. The number of H-pyrrole nitrogens is 1. The van der Waals surface area contributed by atoms with Gasteiger partial charge >= 0.3 is 6.18 Å². The molecule has 0 saturated carbocycles. The summed E-state index contributed by atoms with van der Waals surface area (Å²) in [5.41, 5.74) is 1.45. The Morgan fingerprint density at radius 1 is 1.32 bits per heavy atom. The van der Waals surface area contributed by atoms with Gasteiger partial charge in [-0.15, -0.1) is 0 Å². The first-order valence-electron chi connectivity index (χ1n) is 8.51. The maximum absolute atomic E-state index is 12.8. The molecule has 0 saturated heterocycles. The third-order valence-corrected chi connectivity index (χ3v) is 4.60. The summed E-state index contributed by atoms with van der Waals surface area (Å²) in [7, 11) is 0. The van der Waals surface area contributed by atoms with Crippen molar-refractivity contribution < 1.29 is 13.2 Å². The van der Waals surface area contributed by atoms with Crippen LogP contribution in [-0.4, -0.2) is 26.3 Å². The topological polar surface area (TPSA) is 58.5 Å². The highest BCUT2D eigenvalue weighted by Crippen LogP contribution is 2.30. The number of rotatable bonds is 4. The summed E-state index contributed by atoms with van der Waals surface area (Å²) in [6.45, 7) is 8.42. The van der Waals surface area contributed by atoms with Crippen LogP contribution in [0.1, 0.15) is 50.0 Å². The molecule has 0 radical (unpaired) electrons. The van der Waals surface area contributed by atoms with Gasteiger partial charge in [0.1, 0.15) is 5.82 Å². The van der Waals surface area contributed by atoms with Gasteiger partial charge in [-0.25, -0.2) is 4.98 Å². The Labute approximate surface area is 145 Å². The second kappa shape index (κ2) is 6.48. The Kier molecular flexibility index (Phi) is 4.66. The number of fused-ring (bicyclic) bond motifs is 1. The highest BCUT2D eigenvalue weighted by molar-refractivity contribution is 5.23. The number of nitrogens with one attached hydrogen (secondary N) is 2. The van der Waals surface area contributed by atoms with Crippen LogP contribution in [0, 0.1) is 5.92 Å². The molecule has 2 N–H and O–H groups in total. The van der Waals surface area contributed by atoms with E-state index in [4.69, 9.17) is 0 Å². The minimum Gasteiger partial charge on any atom is -0.334 e. The summed E-state index contributed by atoms with van der Waals surface area (Å²) in [6, 6.07) is 0. The lowest BCUT2D eigenvalue weighted by atomic mass is 9.89. The van der Waals surface area contributed by atoms with E-state index in [1.807, 2.05) is 6.20 Å².